The van der Waals surface area contributed by atoms with Crippen molar-refractivity contribution in [2.75, 3.05) is 0 Å². The lowest BCUT2D eigenvalue weighted by atomic mass is 10.2. The van der Waals surface area contributed by atoms with Gasteiger partial charge in [0.25, 0.3) is 5.69 Å². The third kappa shape index (κ3) is 3.30. The van der Waals surface area contributed by atoms with Gasteiger partial charge in [-0.05, 0) is 17.7 Å². The quantitative estimate of drug-likeness (QED) is 0.640. The Morgan fingerprint density at radius 2 is 1.70 bits per heavy atom. The Bertz CT molecular complexity index is 752. The molecule has 0 fully saturated rings. The van der Waals surface area contributed by atoms with Crippen LogP contribution in [0.3, 0.4) is 0 Å². The molecule has 0 heterocycles. The molecule has 0 spiro atoms. The Kier molecular flexibility index (Phi) is 3.95. The van der Waals surface area contributed by atoms with Gasteiger partial charge in [-0.15, -0.1) is 0 Å². The molecule has 102 valence electrons. The fourth-order valence-corrected chi connectivity index (χ4v) is 2.63. The molecule has 0 saturated carbocycles. The van der Waals surface area contributed by atoms with E-state index in [1.807, 2.05) is 6.07 Å². The first kappa shape index (κ1) is 14.0. The van der Waals surface area contributed by atoms with Gasteiger partial charge in [0.15, 0.2) is 9.84 Å². The van der Waals surface area contributed by atoms with E-state index in [9.17, 15) is 18.5 Å². The lowest BCUT2D eigenvalue weighted by Gasteiger charge is -1.99. The van der Waals surface area contributed by atoms with Crippen LogP contribution < -0.4 is 0 Å². The highest BCUT2D eigenvalue weighted by Crippen LogP contribution is 2.19. The summed E-state index contributed by atoms with van der Waals surface area (Å²) in [6.07, 6.45) is 1.45. The molecule has 0 aliphatic rings. The van der Waals surface area contributed by atoms with Crippen LogP contribution in [0.5, 0.6) is 0 Å². The number of benzene rings is 2. The lowest BCUT2D eigenvalue weighted by Crippen LogP contribution is -1.97. The van der Waals surface area contributed by atoms with Gasteiger partial charge in [-0.1, -0.05) is 36.4 Å². The van der Waals surface area contributed by atoms with E-state index in [0.717, 1.165) is 17.0 Å². The van der Waals surface area contributed by atoms with E-state index in [0.29, 0.717) is 0 Å². The molecular formula is C14H11NO4S. The topological polar surface area (TPSA) is 77.3 Å². The van der Waals surface area contributed by atoms with Crippen LogP contribution in [0.25, 0.3) is 6.08 Å². The van der Waals surface area contributed by atoms with Crippen LogP contribution in [0.1, 0.15) is 5.56 Å². The van der Waals surface area contributed by atoms with E-state index >= 15 is 0 Å². The molecule has 0 atom stereocenters. The molecule has 0 aromatic heterocycles. The molecule has 0 bridgehead atoms. The largest absolute Gasteiger partial charge is 0.270 e. The molecule has 2 aromatic rings. The first-order valence-corrected chi connectivity index (χ1v) is 7.26. The number of nitro groups is 1. The second kappa shape index (κ2) is 5.66. The fourth-order valence-electron chi connectivity index (χ4n) is 1.58. The number of non-ortho nitro benzene ring substituents is 1. The van der Waals surface area contributed by atoms with Gasteiger partial charge in [-0.2, -0.15) is 0 Å². The third-order valence-corrected chi connectivity index (χ3v) is 4.00. The van der Waals surface area contributed by atoms with Gasteiger partial charge in [0.2, 0.25) is 0 Å². The normalized spacial score (nSPS) is 11.6. The minimum absolute atomic E-state index is 0.0983. The van der Waals surface area contributed by atoms with Gasteiger partial charge in [0.1, 0.15) is 0 Å². The van der Waals surface area contributed by atoms with E-state index in [-0.39, 0.29) is 10.6 Å². The second-order valence-corrected chi connectivity index (χ2v) is 5.85. The predicted molar refractivity (Wildman–Crippen MR) is 75.8 cm³/mol. The average Bonchev–Trinajstić information content (AvgIpc) is 2.46. The number of sulfone groups is 1. The summed E-state index contributed by atoms with van der Waals surface area (Å²) in [6, 6.07) is 13.9. The highest BCUT2D eigenvalue weighted by atomic mass is 32.2. The van der Waals surface area contributed by atoms with Gasteiger partial charge in [0, 0.05) is 17.5 Å². The van der Waals surface area contributed by atoms with Crippen molar-refractivity contribution in [2.24, 2.45) is 0 Å². The van der Waals surface area contributed by atoms with Crippen molar-refractivity contribution in [3.05, 3.63) is 75.7 Å². The summed E-state index contributed by atoms with van der Waals surface area (Å²) in [5, 5.41) is 11.7. The molecular weight excluding hydrogens is 278 g/mol. The molecule has 0 aliphatic heterocycles. The molecule has 5 nitrogen and oxygen atoms in total. The van der Waals surface area contributed by atoms with Crippen LogP contribution in [0.4, 0.5) is 5.69 Å². The standard InChI is InChI=1S/C14H11NO4S/c16-15(17)13-7-4-8-14(11-13)20(18,19)10-9-12-5-2-1-3-6-12/h1-11H. The molecule has 2 aromatic carbocycles. The number of rotatable bonds is 4. The highest BCUT2D eigenvalue weighted by molar-refractivity contribution is 7.94. The van der Waals surface area contributed by atoms with Gasteiger partial charge < -0.3 is 0 Å². The minimum Gasteiger partial charge on any atom is -0.258 e. The van der Waals surface area contributed by atoms with E-state index in [1.165, 1.54) is 24.3 Å². The van der Waals surface area contributed by atoms with E-state index in [1.54, 1.807) is 24.3 Å². The zero-order valence-electron chi connectivity index (χ0n) is 10.3. The summed E-state index contributed by atoms with van der Waals surface area (Å²) in [7, 11) is -3.70. The smallest absolute Gasteiger partial charge is 0.258 e. The average molecular weight is 289 g/mol. The fraction of sp³-hybridized carbons (Fsp3) is 0. The Hall–Kier alpha value is -2.47. The SMILES string of the molecule is O=[N+]([O-])c1cccc(S(=O)(=O)C=Cc2ccccc2)c1. The number of hydrogen-bond donors (Lipinski definition) is 0. The molecule has 0 radical (unpaired) electrons. The van der Waals surface area contributed by atoms with Crippen molar-refractivity contribution in [2.45, 2.75) is 4.90 Å². The maximum atomic E-state index is 12.1. The number of nitrogens with zero attached hydrogens (tertiary/aromatic N) is 1. The summed E-state index contributed by atoms with van der Waals surface area (Å²) in [5.41, 5.74) is 0.487. The highest BCUT2D eigenvalue weighted by Gasteiger charge is 2.14. The predicted octanol–water partition coefficient (Wildman–Crippen LogP) is 3.04. The summed E-state index contributed by atoms with van der Waals surface area (Å²) in [5.74, 6) is 0. The van der Waals surface area contributed by atoms with Crippen LogP contribution in [-0.2, 0) is 9.84 Å². The Labute approximate surface area is 116 Å². The first-order chi connectivity index (χ1) is 9.49. The second-order valence-electron chi connectivity index (χ2n) is 4.01. The number of hydrogen-bond acceptors (Lipinski definition) is 4. The van der Waals surface area contributed by atoms with Crippen molar-refractivity contribution >= 4 is 21.6 Å². The van der Waals surface area contributed by atoms with E-state index < -0.39 is 14.8 Å². The third-order valence-electron chi connectivity index (χ3n) is 2.60. The minimum atomic E-state index is -3.70. The number of nitro benzene ring substituents is 1. The first-order valence-electron chi connectivity index (χ1n) is 5.72. The van der Waals surface area contributed by atoms with Crippen molar-refractivity contribution < 1.29 is 13.3 Å². The van der Waals surface area contributed by atoms with E-state index in [2.05, 4.69) is 0 Å². The monoisotopic (exact) mass is 289 g/mol. The zero-order chi connectivity index (χ0) is 14.6. The molecule has 0 amide bonds. The Balaban J connectivity index is 2.34. The molecule has 0 aliphatic carbocycles. The van der Waals surface area contributed by atoms with Crippen molar-refractivity contribution in [3.63, 3.8) is 0 Å². The van der Waals surface area contributed by atoms with Crippen LogP contribution in [-0.4, -0.2) is 13.3 Å². The van der Waals surface area contributed by atoms with Gasteiger partial charge in [-0.25, -0.2) is 8.42 Å². The van der Waals surface area contributed by atoms with E-state index in [4.69, 9.17) is 0 Å². The molecule has 0 unspecified atom stereocenters. The Morgan fingerprint density at radius 3 is 2.35 bits per heavy atom. The van der Waals surface area contributed by atoms with Gasteiger partial charge >= 0.3 is 0 Å². The Morgan fingerprint density at radius 1 is 1.00 bits per heavy atom. The zero-order valence-corrected chi connectivity index (χ0v) is 11.2. The van der Waals surface area contributed by atoms with Crippen molar-refractivity contribution in [3.8, 4) is 0 Å². The lowest BCUT2D eigenvalue weighted by molar-refractivity contribution is -0.385. The maximum absolute atomic E-state index is 12.1. The molecule has 0 saturated heterocycles. The van der Waals surface area contributed by atoms with Crippen LogP contribution in [0, 0.1) is 10.1 Å². The maximum Gasteiger partial charge on any atom is 0.270 e. The van der Waals surface area contributed by atoms with Crippen LogP contribution in [0.2, 0.25) is 0 Å². The molecule has 6 heteroatoms. The summed E-state index contributed by atoms with van der Waals surface area (Å²) in [6.45, 7) is 0. The molecule has 0 N–H and O–H groups in total. The van der Waals surface area contributed by atoms with Crippen molar-refractivity contribution in [1.82, 2.24) is 0 Å². The summed E-state index contributed by atoms with van der Waals surface area (Å²) in [4.78, 5) is 9.93. The van der Waals surface area contributed by atoms with Crippen LogP contribution in [0.15, 0.2) is 64.9 Å². The summed E-state index contributed by atoms with van der Waals surface area (Å²) >= 11 is 0. The summed E-state index contributed by atoms with van der Waals surface area (Å²) < 4.78 is 24.1. The van der Waals surface area contributed by atoms with Gasteiger partial charge in [0.05, 0.1) is 9.82 Å². The molecule has 20 heavy (non-hydrogen) atoms. The van der Waals surface area contributed by atoms with Crippen molar-refractivity contribution in [1.29, 1.82) is 0 Å². The molecule has 2 rings (SSSR count). The van der Waals surface area contributed by atoms with Crippen LogP contribution >= 0.6 is 0 Å². The van der Waals surface area contributed by atoms with Gasteiger partial charge in [-0.3, -0.25) is 10.1 Å².